The Balaban J connectivity index is 3.42. The van der Waals surface area contributed by atoms with Crippen LogP contribution in [0, 0.1) is 0 Å². The predicted molar refractivity (Wildman–Crippen MR) is 70.6 cm³/mol. The maximum Gasteiger partial charge on any atom is 0.417 e. The average Bonchev–Trinajstić information content (AvgIpc) is 2.26. The molecular formula is C11H13BrF3NO3S. The van der Waals surface area contributed by atoms with Gasteiger partial charge < -0.3 is 5.11 Å². The van der Waals surface area contributed by atoms with Crippen LogP contribution < -0.4 is 4.72 Å². The molecule has 0 aliphatic carbocycles. The lowest BCUT2D eigenvalue weighted by Crippen LogP contribution is -2.46. The summed E-state index contributed by atoms with van der Waals surface area (Å²) in [6.07, 6.45) is -4.80. The van der Waals surface area contributed by atoms with Gasteiger partial charge in [0.25, 0.3) is 0 Å². The van der Waals surface area contributed by atoms with E-state index < -0.39 is 38.8 Å². The molecule has 0 amide bonds. The van der Waals surface area contributed by atoms with Crippen LogP contribution in [-0.4, -0.2) is 25.7 Å². The van der Waals surface area contributed by atoms with E-state index in [-0.39, 0.29) is 4.47 Å². The fourth-order valence-electron chi connectivity index (χ4n) is 1.40. The fourth-order valence-corrected chi connectivity index (χ4v) is 3.57. The molecule has 0 aliphatic rings. The second-order valence-corrected chi connectivity index (χ2v) is 7.35. The van der Waals surface area contributed by atoms with E-state index in [4.69, 9.17) is 5.11 Å². The summed E-state index contributed by atoms with van der Waals surface area (Å²) in [6, 6.07) is 2.67. The van der Waals surface area contributed by atoms with E-state index in [9.17, 15) is 21.6 Å². The molecule has 2 N–H and O–H groups in total. The van der Waals surface area contributed by atoms with Crippen LogP contribution >= 0.6 is 15.9 Å². The molecule has 1 rings (SSSR count). The number of aliphatic hydroxyl groups excluding tert-OH is 1. The highest BCUT2D eigenvalue weighted by Gasteiger charge is 2.38. The summed E-state index contributed by atoms with van der Waals surface area (Å²) >= 11 is 2.94. The van der Waals surface area contributed by atoms with Gasteiger partial charge in [0.15, 0.2) is 0 Å². The Bertz CT molecular complexity index is 599. The quantitative estimate of drug-likeness (QED) is 0.849. The summed E-state index contributed by atoms with van der Waals surface area (Å²) in [5.74, 6) is 0. The molecule has 0 spiro atoms. The summed E-state index contributed by atoms with van der Waals surface area (Å²) in [6.45, 7) is 2.16. The molecule has 0 bridgehead atoms. The lowest BCUT2D eigenvalue weighted by atomic mass is 10.1. The summed E-state index contributed by atoms with van der Waals surface area (Å²) in [4.78, 5) is -0.888. The van der Waals surface area contributed by atoms with E-state index >= 15 is 0 Å². The Morgan fingerprint density at radius 1 is 1.30 bits per heavy atom. The van der Waals surface area contributed by atoms with E-state index in [1.807, 2.05) is 4.72 Å². The molecule has 9 heteroatoms. The molecule has 0 aliphatic heterocycles. The van der Waals surface area contributed by atoms with Crippen LogP contribution in [0.5, 0.6) is 0 Å². The van der Waals surface area contributed by atoms with Crippen molar-refractivity contribution in [2.45, 2.75) is 30.5 Å². The largest absolute Gasteiger partial charge is 0.417 e. The minimum absolute atomic E-state index is 0.202. The molecule has 0 saturated carbocycles. The molecule has 4 nitrogen and oxygen atoms in total. The monoisotopic (exact) mass is 375 g/mol. The smallest absolute Gasteiger partial charge is 0.394 e. The molecule has 0 atom stereocenters. The van der Waals surface area contributed by atoms with Crippen LogP contribution in [0.25, 0.3) is 0 Å². The molecule has 1 aromatic carbocycles. The van der Waals surface area contributed by atoms with Crippen molar-refractivity contribution in [1.82, 2.24) is 4.72 Å². The van der Waals surface area contributed by atoms with Gasteiger partial charge in [-0.2, -0.15) is 13.2 Å². The standard InChI is InChI=1S/C11H13BrF3NO3S/c1-10(2,6-17)16-20(18,19)9-5-7(12)3-4-8(9)11(13,14)15/h3-5,16-17H,6H2,1-2H3. The van der Waals surface area contributed by atoms with Gasteiger partial charge in [0.1, 0.15) is 0 Å². The normalized spacial score (nSPS) is 13.6. The van der Waals surface area contributed by atoms with Crippen molar-refractivity contribution in [2.24, 2.45) is 0 Å². The summed E-state index contributed by atoms with van der Waals surface area (Å²) < 4.78 is 65.0. The van der Waals surface area contributed by atoms with Gasteiger partial charge >= 0.3 is 6.18 Å². The minimum atomic E-state index is -4.80. The number of hydrogen-bond donors (Lipinski definition) is 2. The van der Waals surface area contributed by atoms with Crippen LogP contribution in [0.15, 0.2) is 27.6 Å². The zero-order chi connectivity index (χ0) is 15.8. The van der Waals surface area contributed by atoms with Gasteiger partial charge in [-0.25, -0.2) is 13.1 Å². The lowest BCUT2D eigenvalue weighted by molar-refractivity contribution is -0.139. The zero-order valence-corrected chi connectivity index (χ0v) is 13.0. The SMILES string of the molecule is CC(C)(CO)NS(=O)(=O)c1cc(Br)ccc1C(F)(F)F. The second kappa shape index (κ2) is 5.63. The number of rotatable bonds is 4. The Kier molecular flexibility index (Phi) is 4.90. The lowest BCUT2D eigenvalue weighted by Gasteiger charge is -2.24. The van der Waals surface area contributed by atoms with Crippen LogP contribution in [0.1, 0.15) is 19.4 Å². The van der Waals surface area contributed by atoms with Crippen molar-refractivity contribution in [3.8, 4) is 0 Å². The third kappa shape index (κ3) is 4.18. The Morgan fingerprint density at radius 3 is 2.30 bits per heavy atom. The Hall–Kier alpha value is -0.640. The number of nitrogens with one attached hydrogen (secondary N) is 1. The maximum atomic E-state index is 12.9. The zero-order valence-electron chi connectivity index (χ0n) is 10.6. The number of alkyl halides is 3. The molecular weight excluding hydrogens is 363 g/mol. The van der Waals surface area contributed by atoms with E-state index in [1.54, 1.807) is 0 Å². The van der Waals surface area contributed by atoms with Gasteiger partial charge in [0, 0.05) is 4.47 Å². The van der Waals surface area contributed by atoms with Crippen molar-refractivity contribution in [1.29, 1.82) is 0 Å². The number of benzene rings is 1. The molecule has 1 aromatic rings. The van der Waals surface area contributed by atoms with Crippen molar-refractivity contribution in [2.75, 3.05) is 6.61 Å². The van der Waals surface area contributed by atoms with Crippen molar-refractivity contribution >= 4 is 26.0 Å². The first kappa shape index (κ1) is 17.4. The summed E-state index contributed by atoms with van der Waals surface area (Å²) in [5.41, 5.74) is -2.54. The van der Waals surface area contributed by atoms with Gasteiger partial charge in [-0.1, -0.05) is 15.9 Å². The van der Waals surface area contributed by atoms with Crippen molar-refractivity contribution in [3.05, 3.63) is 28.2 Å². The summed E-state index contributed by atoms with van der Waals surface area (Å²) in [5, 5.41) is 9.03. The van der Waals surface area contributed by atoms with Crippen LogP contribution in [0.2, 0.25) is 0 Å². The predicted octanol–water partition coefficient (Wildman–Crippen LogP) is 2.52. The molecule has 0 heterocycles. The highest BCUT2D eigenvalue weighted by Crippen LogP contribution is 2.35. The maximum absolute atomic E-state index is 12.9. The van der Waals surface area contributed by atoms with Gasteiger partial charge in [-0.3, -0.25) is 0 Å². The second-order valence-electron chi connectivity index (χ2n) is 4.79. The van der Waals surface area contributed by atoms with Crippen LogP contribution in [0.3, 0.4) is 0 Å². The highest BCUT2D eigenvalue weighted by atomic mass is 79.9. The van der Waals surface area contributed by atoms with E-state index in [2.05, 4.69) is 15.9 Å². The van der Waals surface area contributed by atoms with E-state index in [0.29, 0.717) is 6.07 Å². The first-order valence-corrected chi connectivity index (χ1v) is 7.68. The van der Waals surface area contributed by atoms with Gasteiger partial charge in [0.05, 0.1) is 22.6 Å². The molecule has 0 aromatic heterocycles. The molecule has 0 saturated heterocycles. The van der Waals surface area contributed by atoms with Crippen LogP contribution in [0.4, 0.5) is 13.2 Å². The molecule has 0 radical (unpaired) electrons. The Morgan fingerprint density at radius 2 is 1.85 bits per heavy atom. The van der Waals surface area contributed by atoms with E-state index in [1.165, 1.54) is 13.8 Å². The number of hydrogen-bond acceptors (Lipinski definition) is 3. The molecule has 114 valence electrons. The Labute approximate surface area is 123 Å². The topological polar surface area (TPSA) is 66.4 Å². The third-order valence-corrected chi connectivity index (χ3v) is 4.58. The fraction of sp³-hybridized carbons (Fsp3) is 0.455. The first-order chi connectivity index (χ1) is 8.89. The van der Waals surface area contributed by atoms with Gasteiger partial charge in [-0.05, 0) is 32.0 Å². The van der Waals surface area contributed by atoms with E-state index in [0.717, 1.165) is 12.1 Å². The summed E-state index contributed by atoms with van der Waals surface area (Å²) in [7, 11) is -4.43. The molecule has 20 heavy (non-hydrogen) atoms. The van der Waals surface area contributed by atoms with Crippen LogP contribution in [-0.2, 0) is 16.2 Å². The minimum Gasteiger partial charge on any atom is -0.394 e. The number of sulfonamides is 1. The van der Waals surface area contributed by atoms with Gasteiger partial charge in [0.2, 0.25) is 10.0 Å². The van der Waals surface area contributed by atoms with Crippen molar-refractivity contribution in [3.63, 3.8) is 0 Å². The number of aliphatic hydroxyl groups is 1. The molecule has 0 fully saturated rings. The third-order valence-electron chi connectivity index (χ3n) is 2.34. The highest BCUT2D eigenvalue weighted by molar-refractivity contribution is 9.10. The average molecular weight is 376 g/mol. The number of halogens is 4. The van der Waals surface area contributed by atoms with Gasteiger partial charge in [-0.15, -0.1) is 0 Å². The van der Waals surface area contributed by atoms with Crippen molar-refractivity contribution < 1.29 is 26.7 Å². The molecule has 0 unspecified atom stereocenters. The first-order valence-electron chi connectivity index (χ1n) is 5.41.